The molecule has 0 bridgehead atoms. The number of hydrogen-bond donors (Lipinski definition) is 0. The van der Waals surface area contributed by atoms with E-state index in [4.69, 9.17) is 4.84 Å². The van der Waals surface area contributed by atoms with Gasteiger partial charge in [-0.1, -0.05) is 57.6 Å². The van der Waals surface area contributed by atoms with E-state index in [1.165, 1.54) is 38.5 Å². The number of unbranched alkanes of at least 4 members (excludes halogenated alkanes) is 1. The van der Waals surface area contributed by atoms with Gasteiger partial charge in [-0.25, -0.2) is 0 Å². The largest absolute Gasteiger partial charge is 0.302 e. The maximum absolute atomic E-state index is 10.5. The Bertz CT molecular complexity index is 247. The topological polar surface area (TPSA) is 29.5 Å². The molecule has 0 radical (unpaired) electrons. The van der Waals surface area contributed by atoms with Gasteiger partial charge in [-0.05, 0) is 18.8 Å². The summed E-state index contributed by atoms with van der Waals surface area (Å²) in [4.78, 5) is 16.1. The van der Waals surface area contributed by atoms with Crippen molar-refractivity contribution in [3.63, 3.8) is 0 Å². The van der Waals surface area contributed by atoms with Crippen LogP contribution in [-0.2, 0) is 9.63 Å². The maximum atomic E-state index is 10.5. The van der Waals surface area contributed by atoms with E-state index < -0.39 is 0 Å². The van der Waals surface area contributed by atoms with Crippen molar-refractivity contribution in [2.45, 2.75) is 58.3 Å². The van der Waals surface area contributed by atoms with Gasteiger partial charge in [-0.3, -0.25) is 4.84 Å². The SMILES string of the molecule is CCCCN(CC=O)OC/C=C/CC1CCCCC1. The number of aldehydes is 1. The third-order valence-electron chi connectivity index (χ3n) is 3.75. The fraction of sp³-hybridized carbons (Fsp3) is 0.812. The normalized spacial score (nSPS) is 17.4. The molecule has 1 aliphatic carbocycles. The van der Waals surface area contributed by atoms with Crippen molar-refractivity contribution in [3.8, 4) is 0 Å². The summed E-state index contributed by atoms with van der Waals surface area (Å²) in [6.07, 6.45) is 15.6. The van der Waals surface area contributed by atoms with Crippen LogP contribution in [0, 0.1) is 5.92 Å². The molecule has 3 nitrogen and oxygen atoms in total. The summed E-state index contributed by atoms with van der Waals surface area (Å²) in [5.74, 6) is 0.885. The predicted octanol–water partition coefficient (Wildman–Crippen LogP) is 3.75. The molecule has 1 saturated carbocycles. The van der Waals surface area contributed by atoms with E-state index in [0.717, 1.165) is 31.6 Å². The molecule has 0 aromatic carbocycles. The molecule has 1 rings (SSSR count). The lowest BCUT2D eigenvalue weighted by atomic mass is 9.87. The van der Waals surface area contributed by atoms with Gasteiger partial charge in [0.2, 0.25) is 0 Å². The van der Waals surface area contributed by atoms with Crippen LogP contribution in [0.3, 0.4) is 0 Å². The second-order valence-corrected chi connectivity index (χ2v) is 5.42. The zero-order chi connectivity index (χ0) is 13.8. The Balaban J connectivity index is 2.09. The van der Waals surface area contributed by atoms with Crippen LogP contribution in [0.25, 0.3) is 0 Å². The monoisotopic (exact) mass is 267 g/mol. The van der Waals surface area contributed by atoms with Gasteiger partial charge in [-0.15, -0.1) is 0 Å². The Morgan fingerprint density at radius 3 is 2.68 bits per heavy atom. The van der Waals surface area contributed by atoms with E-state index in [1.807, 2.05) is 0 Å². The van der Waals surface area contributed by atoms with Crippen molar-refractivity contribution >= 4 is 6.29 Å². The molecule has 1 aliphatic rings. The van der Waals surface area contributed by atoms with Crippen molar-refractivity contribution < 1.29 is 9.63 Å². The fourth-order valence-corrected chi connectivity index (χ4v) is 2.55. The van der Waals surface area contributed by atoms with Crippen LogP contribution in [0.15, 0.2) is 12.2 Å². The first-order valence-electron chi connectivity index (χ1n) is 7.83. The summed E-state index contributed by atoms with van der Waals surface area (Å²) < 4.78 is 0. The van der Waals surface area contributed by atoms with Gasteiger partial charge in [0.05, 0.1) is 13.2 Å². The molecule has 0 saturated heterocycles. The summed E-state index contributed by atoms with van der Waals surface area (Å²) in [6, 6.07) is 0. The molecule has 110 valence electrons. The van der Waals surface area contributed by atoms with E-state index >= 15 is 0 Å². The van der Waals surface area contributed by atoms with Crippen LogP contribution in [0.2, 0.25) is 0 Å². The average Bonchev–Trinajstić information content (AvgIpc) is 2.45. The predicted molar refractivity (Wildman–Crippen MR) is 78.8 cm³/mol. The van der Waals surface area contributed by atoms with Crippen molar-refractivity contribution in [1.82, 2.24) is 5.06 Å². The molecule has 0 heterocycles. The molecule has 19 heavy (non-hydrogen) atoms. The quantitative estimate of drug-likeness (QED) is 0.343. The third-order valence-corrected chi connectivity index (χ3v) is 3.75. The van der Waals surface area contributed by atoms with E-state index in [1.54, 1.807) is 5.06 Å². The summed E-state index contributed by atoms with van der Waals surface area (Å²) in [7, 11) is 0. The van der Waals surface area contributed by atoms with Gasteiger partial charge in [0.25, 0.3) is 0 Å². The van der Waals surface area contributed by atoms with Crippen LogP contribution >= 0.6 is 0 Å². The van der Waals surface area contributed by atoms with Crippen LogP contribution in [0.4, 0.5) is 0 Å². The van der Waals surface area contributed by atoms with Gasteiger partial charge >= 0.3 is 0 Å². The van der Waals surface area contributed by atoms with Gasteiger partial charge in [0.1, 0.15) is 6.29 Å². The first-order chi connectivity index (χ1) is 9.36. The first-order valence-corrected chi connectivity index (χ1v) is 7.83. The molecule has 0 aromatic rings. The zero-order valence-corrected chi connectivity index (χ0v) is 12.4. The van der Waals surface area contributed by atoms with Crippen molar-refractivity contribution in [2.24, 2.45) is 5.92 Å². The Kier molecular flexibility index (Phi) is 9.64. The highest BCUT2D eigenvalue weighted by Gasteiger charge is 2.11. The van der Waals surface area contributed by atoms with E-state index in [0.29, 0.717) is 13.2 Å². The molecule has 0 aromatic heterocycles. The molecule has 0 aliphatic heterocycles. The zero-order valence-electron chi connectivity index (χ0n) is 12.4. The minimum Gasteiger partial charge on any atom is -0.302 e. The third kappa shape index (κ3) is 8.17. The lowest BCUT2D eigenvalue weighted by Gasteiger charge is -2.20. The fourth-order valence-electron chi connectivity index (χ4n) is 2.55. The number of hydroxylamine groups is 2. The van der Waals surface area contributed by atoms with Crippen LogP contribution < -0.4 is 0 Å². The van der Waals surface area contributed by atoms with Crippen LogP contribution in [-0.4, -0.2) is 31.0 Å². The molecule has 0 spiro atoms. The van der Waals surface area contributed by atoms with Crippen molar-refractivity contribution in [3.05, 3.63) is 12.2 Å². The Hall–Kier alpha value is -0.670. The van der Waals surface area contributed by atoms with E-state index in [2.05, 4.69) is 19.1 Å². The molecule has 0 unspecified atom stereocenters. The van der Waals surface area contributed by atoms with Crippen LogP contribution in [0.1, 0.15) is 58.3 Å². The number of rotatable bonds is 10. The summed E-state index contributed by atoms with van der Waals surface area (Å²) in [5, 5.41) is 1.77. The number of hydrogen-bond acceptors (Lipinski definition) is 3. The molecule has 0 amide bonds. The Labute approximate surface area is 118 Å². The summed E-state index contributed by atoms with van der Waals surface area (Å²) in [5.41, 5.74) is 0. The molecular weight excluding hydrogens is 238 g/mol. The second kappa shape index (κ2) is 11.2. The smallest absolute Gasteiger partial charge is 0.136 e. The molecule has 0 atom stereocenters. The minimum absolute atomic E-state index is 0.371. The standard InChI is InChI=1S/C16H29NO2/c1-2-3-12-17(13-14-18)19-15-8-7-11-16-9-5-4-6-10-16/h7-8,14,16H,2-6,9-13,15H2,1H3/b8-7+. The highest BCUT2D eigenvalue weighted by atomic mass is 16.7. The average molecular weight is 267 g/mol. The molecule has 3 heteroatoms. The maximum Gasteiger partial charge on any atom is 0.136 e. The molecule has 1 fully saturated rings. The van der Waals surface area contributed by atoms with E-state index in [-0.39, 0.29) is 0 Å². The number of allylic oxidation sites excluding steroid dienone is 1. The lowest BCUT2D eigenvalue weighted by Crippen LogP contribution is -2.27. The van der Waals surface area contributed by atoms with Crippen molar-refractivity contribution in [1.29, 1.82) is 0 Å². The second-order valence-electron chi connectivity index (χ2n) is 5.42. The van der Waals surface area contributed by atoms with Gasteiger partial charge in [-0.2, -0.15) is 5.06 Å². The highest BCUT2D eigenvalue weighted by Crippen LogP contribution is 2.26. The Morgan fingerprint density at radius 1 is 1.21 bits per heavy atom. The first kappa shape index (κ1) is 16.4. The summed E-state index contributed by atoms with van der Waals surface area (Å²) >= 11 is 0. The Morgan fingerprint density at radius 2 is 2.00 bits per heavy atom. The molecule has 0 N–H and O–H groups in total. The molecular formula is C16H29NO2. The van der Waals surface area contributed by atoms with Gasteiger partial charge in [0, 0.05) is 6.54 Å². The minimum atomic E-state index is 0.371. The summed E-state index contributed by atoms with van der Waals surface area (Å²) in [6.45, 7) is 3.94. The van der Waals surface area contributed by atoms with Crippen molar-refractivity contribution in [2.75, 3.05) is 19.7 Å². The highest BCUT2D eigenvalue weighted by molar-refractivity contribution is 5.51. The van der Waals surface area contributed by atoms with Gasteiger partial charge in [0.15, 0.2) is 0 Å². The van der Waals surface area contributed by atoms with E-state index in [9.17, 15) is 4.79 Å². The number of carbonyl (C=O) groups is 1. The van der Waals surface area contributed by atoms with Gasteiger partial charge < -0.3 is 4.79 Å². The number of nitrogens with zero attached hydrogens (tertiary/aromatic N) is 1. The lowest BCUT2D eigenvalue weighted by molar-refractivity contribution is -0.153. The van der Waals surface area contributed by atoms with Crippen LogP contribution in [0.5, 0.6) is 0 Å². The number of carbonyl (C=O) groups excluding carboxylic acids is 1.